The Morgan fingerprint density at radius 2 is 1.24 bits per heavy atom. The van der Waals surface area contributed by atoms with Gasteiger partial charge in [0, 0.05) is 81.3 Å². The lowest BCUT2D eigenvalue weighted by molar-refractivity contribution is 0.101. The van der Waals surface area contributed by atoms with Crippen LogP contribution in [0.2, 0.25) is 0 Å². The second-order valence-corrected chi connectivity index (χ2v) is 9.95. The molecule has 2 amide bonds. The summed E-state index contributed by atoms with van der Waals surface area (Å²) in [5.41, 5.74) is 9.55. The van der Waals surface area contributed by atoms with Gasteiger partial charge < -0.3 is 36.0 Å². The first-order chi connectivity index (χ1) is 19.9. The Balaban J connectivity index is 1.11. The summed E-state index contributed by atoms with van der Waals surface area (Å²) < 4.78 is 0. The van der Waals surface area contributed by atoms with Crippen LogP contribution in [-0.2, 0) is 0 Å². The molecule has 6 N–H and O–H groups in total. The number of carbonyl (C=O) groups excluding carboxylic acids is 2. The summed E-state index contributed by atoms with van der Waals surface area (Å²) in [5, 5.41) is 20.6. The minimum Gasteiger partial charge on any atom is -0.370 e. The summed E-state index contributed by atoms with van der Waals surface area (Å²) in [6.45, 7) is 6.26. The second kappa shape index (κ2) is 12.4. The fraction of sp³-hybridized carbons (Fsp3) is 0.276. The lowest BCUT2D eigenvalue weighted by atomic mass is 10.2. The first-order valence-corrected chi connectivity index (χ1v) is 13.5. The molecule has 1 aromatic heterocycles. The quantitative estimate of drug-likeness (QED) is 0.220. The van der Waals surface area contributed by atoms with Crippen LogP contribution in [0.4, 0.5) is 22.7 Å². The predicted octanol–water partition coefficient (Wildman–Crippen LogP) is 2.33. The van der Waals surface area contributed by atoms with Gasteiger partial charge >= 0.3 is 0 Å². The van der Waals surface area contributed by atoms with Crippen molar-refractivity contribution < 1.29 is 9.59 Å². The highest BCUT2D eigenvalue weighted by Gasteiger charge is 2.18. The number of nitrogens with two attached hydrogens (primary N) is 1. The first kappa shape index (κ1) is 27.4. The number of hydrogen-bond acceptors (Lipinski definition) is 7. The number of nitrogens with one attached hydrogen (secondary N) is 4. The van der Waals surface area contributed by atoms with E-state index in [4.69, 9.17) is 16.6 Å². The number of guanidine groups is 1. The maximum atomic E-state index is 12.8. The number of benzene rings is 2. The zero-order valence-electron chi connectivity index (χ0n) is 22.7. The summed E-state index contributed by atoms with van der Waals surface area (Å²) in [4.78, 5) is 38.0. The smallest absolute Gasteiger partial charge is 0.274 e. The average molecular weight is 555 g/mol. The van der Waals surface area contributed by atoms with Gasteiger partial charge in [-0.1, -0.05) is 0 Å². The van der Waals surface area contributed by atoms with Crippen LogP contribution >= 0.6 is 0 Å². The highest BCUT2D eigenvalue weighted by atomic mass is 16.2. The number of rotatable bonds is 7. The zero-order chi connectivity index (χ0) is 28.8. The fourth-order valence-electron chi connectivity index (χ4n) is 4.89. The van der Waals surface area contributed by atoms with E-state index in [1.165, 1.54) is 18.6 Å². The largest absolute Gasteiger partial charge is 0.370 e. The molecule has 0 saturated carbocycles. The topological polar surface area (TPSA) is 158 Å². The Labute approximate surface area is 238 Å². The molecule has 0 radical (unpaired) electrons. The van der Waals surface area contributed by atoms with Gasteiger partial charge in [-0.3, -0.25) is 25.4 Å². The molecule has 0 aliphatic carbocycles. The number of anilines is 4. The first-order valence-electron chi connectivity index (χ1n) is 13.5. The van der Waals surface area contributed by atoms with Crippen LogP contribution in [0.3, 0.4) is 0 Å². The summed E-state index contributed by atoms with van der Waals surface area (Å²) in [5.74, 6) is -0.573. The molecular formula is C29H34N10O2. The van der Waals surface area contributed by atoms with E-state index >= 15 is 0 Å². The molecule has 212 valence electrons. The fourth-order valence-corrected chi connectivity index (χ4v) is 4.89. The third-order valence-corrected chi connectivity index (χ3v) is 7.36. The van der Waals surface area contributed by atoms with Crippen LogP contribution in [0.5, 0.6) is 0 Å². The third-order valence-electron chi connectivity index (χ3n) is 7.36. The van der Waals surface area contributed by atoms with Crippen LogP contribution in [-0.4, -0.2) is 91.3 Å². The minimum atomic E-state index is -0.357. The van der Waals surface area contributed by atoms with E-state index in [-0.39, 0.29) is 23.5 Å². The van der Waals surface area contributed by atoms with Crippen molar-refractivity contribution in [1.29, 1.82) is 10.8 Å². The zero-order valence-corrected chi connectivity index (χ0v) is 22.7. The number of aromatic nitrogens is 1. The molecule has 12 nitrogen and oxygen atoms in total. The molecule has 3 aromatic rings. The molecule has 2 fully saturated rings. The molecule has 12 heteroatoms. The number of piperazine rings is 2. The van der Waals surface area contributed by atoms with Crippen LogP contribution in [0.1, 0.15) is 20.8 Å². The van der Waals surface area contributed by atoms with E-state index in [9.17, 15) is 9.59 Å². The van der Waals surface area contributed by atoms with Gasteiger partial charge in [0.25, 0.3) is 11.8 Å². The van der Waals surface area contributed by atoms with Crippen LogP contribution in [0, 0.1) is 10.8 Å². The Morgan fingerprint density at radius 3 is 1.71 bits per heavy atom. The maximum Gasteiger partial charge on any atom is 0.274 e. The van der Waals surface area contributed by atoms with Gasteiger partial charge in [0.05, 0.1) is 11.9 Å². The van der Waals surface area contributed by atoms with Crippen molar-refractivity contribution in [3.05, 3.63) is 78.1 Å². The summed E-state index contributed by atoms with van der Waals surface area (Å²) in [6, 6.07) is 18.4. The Morgan fingerprint density at radius 1 is 0.732 bits per heavy atom. The highest BCUT2D eigenvalue weighted by molar-refractivity contribution is 6.06. The van der Waals surface area contributed by atoms with Crippen molar-refractivity contribution in [3.63, 3.8) is 0 Å². The number of hydrogen-bond donors (Lipinski definition) is 5. The highest BCUT2D eigenvalue weighted by Crippen LogP contribution is 2.21. The van der Waals surface area contributed by atoms with Gasteiger partial charge in [-0.05, 0) is 60.7 Å². The van der Waals surface area contributed by atoms with Gasteiger partial charge in [0.2, 0.25) is 0 Å². The molecule has 0 atom stereocenters. The number of pyridine rings is 1. The van der Waals surface area contributed by atoms with E-state index in [2.05, 4.69) is 25.4 Å². The molecule has 0 unspecified atom stereocenters. The molecule has 3 heterocycles. The number of amides is 2. The van der Waals surface area contributed by atoms with Gasteiger partial charge in [-0.2, -0.15) is 0 Å². The average Bonchev–Trinajstić information content (AvgIpc) is 3.02. The van der Waals surface area contributed by atoms with Crippen molar-refractivity contribution in [3.8, 4) is 0 Å². The number of carbonyl (C=O) groups is 2. The van der Waals surface area contributed by atoms with E-state index in [0.29, 0.717) is 30.0 Å². The van der Waals surface area contributed by atoms with Gasteiger partial charge in [-0.15, -0.1) is 0 Å². The SMILES string of the molecule is N=CN1CCN(c2ccc(NC(=O)c3ccc(C(=O)Nc4ccc(N5CCN(C(=N)N)CC5)cc4)cn3)cc2)CC1. The van der Waals surface area contributed by atoms with Crippen molar-refractivity contribution >= 4 is 46.9 Å². The second-order valence-electron chi connectivity index (χ2n) is 9.95. The number of nitrogens with zero attached hydrogens (tertiary/aromatic N) is 5. The van der Waals surface area contributed by atoms with Crippen LogP contribution in [0.15, 0.2) is 66.9 Å². The van der Waals surface area contributed by atoms with Crippen LogP contribution < -0.4 is 26.2 Å². The Hall–Kier alpha value is -5.13. The Bertz CT molecular complexity index is 1380. The van der Waals surface area contributed by atoms with Gasteiger partial charge in [0.1, 0.15) is 5.69 Å². The molecular weight excluding hydrogens is 520 g/mol. The molecule has 0 spiro atoms. The monoisotopic (exact) mass is 554 g/mol. The van der Waals surface area contributed by atoms with Crippen molar-refractivity contribution in [2.45, 2.75) is 0 Å². The van der Waals surface area contributed by atoms with Crippen molar-refractivity contribution in [2.24, 2.45) is 5.73 Å². The van der Waals surface area contributed by atoms with Gasteiger partial charge in [-0.25, -0.2) is 0 Å². The van der Waals surface area contributed by atoms with Crippen LogP contribution in [0.25, 0.3) is 0 Å². The minimum absolute atomic E-state index is 0.0994. The molecule has 2 aromatic carbocycles. The molecule has 5 rings (SSSR count). The predicted molar refractivity (Wildman–Crippen MR) is 161 cm³/mol. The molecule has 41 heavy (non-hydrogen) atoms. The molecule has 2 saturated heterocycles. The lowest BCUT2D eigenvalue weighted by Gasteiger charge is -2.36. The maximum absolute atomic E-state index is 12.8. The normalized spacial score (nSPS) is 15.3. The summed E-state index contributed by atoms with van der Waals surface area (Å²) in [7, 11) is 0. The van der Waals surface area contributed by atoms with Crippen molar-refractivity contribution in [2.75, 3.05) is 72.8 Å². The molecule has 2 aliphatic heterocycles. The van der Waals surface area contributed by atoms with E-state index < -0.39 is 0 Å². The summed E-state index contributed by atoms with van der Waals surface area (Å²) >= 11 is 0. The summed E-state index contributed by atoms with van der Waals surface area (Å²) in [6.07, 6.45) is 2.77. The van der Waals surface area contributed by atoms with Crippen molar-refractivity contribution in [1.82, 2.24) is 14.8 Å². The Kier molecular flexibility index (Phi) is 8.28. The standard InChI is InChI=1S/C29H34N10O2/c30-20-36-11-13-37(14-12-36)24-8-4-23(5-9-24)35-28(41)26-10-1-21(19-33-26)27(40)34-22-2-6-25(7-3-22)38-15-17-39(18-16-38)29(31)32/h1-10,19-20,30H,11-18H2,(H3,31,32)(H,34,40)(H,35,41). The lowest BCUT2D eigenvalue weighted by Crippen LogP contribution is -2.50. The molecule has 2 aliphatic rings. The third kappa shape index (κ3) is 6.72. The molecule has 0 bridgehead atoms. The van der Waals surface area contributed by atoms with E-state index in [0.717, 1.165) is 50.6 Å². The van der Waals surface area contributed by atoms with E-state index in [1.807, 2.05) is 58.3 Å². The van der Waals surface area contributed by atoms with E-state index in [1.54, 1.807) is 6.07 Å². The van der Waals surface area contributed by atoms with Gasteiger partial charge in [0.15, 0.2) is 5.96 Å².